The van der Waals surface area contributed by atoms with Crippen LogP contribution in [0.2, 0.25) is 0 Å². The Balaban J connectivity index is -0.000000256. The summed E-state index contributed by atoms with van der Waals surface area (Å²) >= 11 is 0. The van der Waals surface area contributed by atoms with Crippen LogP contribution in [-0.2, 0) is 28.5 Å². The highest BCUT2D eigenvalue weighted by atomic mass is 16.6. The van der Waals surface area contributed by atoms with Gasteiger partial charge in [0.25, 0.3) is 0 Å². The molecule has 0 saturated carbocycles. The first-order valence-electron chi connectivity index (χ1n) is 5.96. The van der Waals surface area contributed by atoms with Crippen LogP contribution in [0.3, 0.4) is 0 Å². The van der Waals surface area contributed by atoms with Crippen molar-refractivity contribution in [3.05, 3.63) is 0 Å². The molecule has 7 nitrogen and oxygen atoms in total. The third-order valence-electron chi connectivity index (χ3n) is 1.47. The Morgan fingerprint density at radius 3 is 1.26 bits per heavy atom. The molecule has 0 bridgehead atoms. The van der Waals surface area contributed by atoms with E-state index in [0.717, 1.165) is 0 Å². The van der Waals surface area contributed by atoms with Crippen molar-refractivity contribution in [1.29, 1.82) is 0 Å². The SMILES string of the molecule is CCOCCOC(C)=O.CCOCCOC(C)=O.O. The largest absolute Gasteiger partial charge is 0.463 e. The summed E-state index contributed by atoms with van der Waals surface area (Å²) < 4.78 is 19.0. The van der Waals surface area contributed by atoms with Crippen LogP contribution in [0.1, 0.15) is 27.7 Å². The Bertz CT molecular complexity index is 184. The summed E-state index contributed by atoms with van der Waals surface area (Å²) in [5, 5.41) is 0. The van der Waals surface area contributed by atoms with Crippen molar-refractivity contribution in [2.75, 3.05) is 39.6 Å². The van der Waals surface area contributed by atoms with Crippen molar-refractivity contribution in [2.45, 2.75) is 27.7 Å². The van der Waals surface area contributed by atoms with Crippen LogP contribution < -0.4 is 0 Å². The lowest BCUT2D eigenvalue weighted by molar-refractivity contribution is -0.143. The molecular formula is C12H26O7. The Hall–Kier alpha value is -1.18. The molecule has 0 unspecified atom stereocenters. The van der Waals surface area contributed by atoms with Gasteiger partial charge in [-0.3, -0.25) is 9.59 Å². The molecule has 0 saturated heterocycles. The van der Waals surface area contributed by atoms with Crippen LogP contribution in [-0.4, -0.2) is 57.1 Å². The summed E-state index contributed by atoms with van der Waals surface area (Å²) in [5.41, 5.74) is 0. The fraction of sp³-hybridized carbons (Fsp3) is 0.833. The van der Waals surface area contributed by atoms with Gasteiger partial charge in [-0.25, -0.2) is 0 Å². The van der Waals surface area contributed by atoms with Crippen molar-refractivity contribution in [3.63, 3.8) is 0 Å². The Kier molecular flexibility index (Phi) is 23.2. The lowest BCUT2D eigenvalue weighted by Crippen LogP contribution is -2.06. The third-order valence-corrected chi connectivity index (χ3v) is 1.47. The zero-order valence-electron chi connectivity index (χ0n) is 12.2. The Morgan fingerprint density at radius 1 is 0.737 bits per heavy atom. The van der Waals surface area contributed by atoms with E-state index in [-0.39, 0.29) is 17.4 Å². The van der Waals surface area contributed by atoms with Crippen LogP contribution >= 0.6 is 0 Å². The van der Waals surface area contributed by atoms with Gasteiger partial charge in [-0.15, -0.1) is 0 Å². The molecule has 19 heavy (non-hydrogen) atoms. The third kappa shape index (κ3) is 31.6. The summed E-state index contributed by atoms with van der Waals surface area (Å²) in [7, 11) is 0. The number of carbonyl (C=O) groups excluding carboxylic acids is 2. The minimum absolute atomic E-state index is 0. The quantitative estimate of drug-likeness (QED) is 0.470. The molecule has 0 spiro atoms. The minimum atomic E-state index is -0.255. The van der Waals surface area contributed by atoms with Crippen molar-refractivity contribution >= 4 is 11.9 Å². The molecule has 0 heterocycles. The van der Waals surface area contributed by atoms with Gasteiger partial charge >= 0.3 is 11.9 Å². The topological polar surface area (TPSA) is 103 Å². The molecular weight excluding hydrogens is 256 g/mol. The monoisotopic (exact) mass is 282 g/mol. The van der Waals surface area contributed by atoms with Crippen LogP contribution in [0.5, 0.6) is 0 Å². The zero-order chi connectivity index (χ0) is 14.2. The van der Waals surface area contributed by atoms with Crippen LogP contribution in [0, 0.1) is 0 Å². The summed E-state index contributed by atoms with van der Waals surface area (Å²) in [6, 6.07) is 0. The highest BCUT2D eigenvalue weighted by molar-refractivity contribution is 5.66. The molecule has 0 aliphatic carbocycles. The molecule has 0 aromatic heterocycles. The average Bonchev–Trinajstić information content (AvgIpc) is 2.31. The van der Waals surface area contributed by atoms with E-state index in [0.29, 0.717) is 39.6 Å². The maximum Gasteiger partial charge on any atom is 0.302 e. The fourth-order valence-electron chi connectivity index (χ4n) is 0.777. The lowest BCUT2D eigenvalue weighted by Gasteiger charge is -1.99. The average molecular weight is 282 g/mol. The van der Waals surface area contributed by atoms with E-state index in [2.05, 4.69) is 9.47 Å². The Morgan fingerprint density at radius 2 is 1.05 bits per heavy atom. The summed E-state index contributed by atoms with van der Waals surface area (Å²) in [6.07, 6.45) is 0. The lowest BCUT2D eigenvalue weighted by atomic mass is 10.7. The van der Waals surface area contributed by atoms with Gasteiger partial charge in [0.15, 0.2) is 0 Å². The summed E-state index contributed by atoms with van der Waals surface area (Å²) in [4.78, 5) is 20.3. The zero-order valence-corrected chi connectivity index (χ0v) is 12.2. The van der Waals surface area contributed by atoms with E-state index in [1.54, 1.807) is 0 Å². The fourth-order valence-corrected chi connectivity index (χ4v) is 0.777. The first-order valence-corrected chi connectivity index (χ1v) is 5.96. The molecule has 116 valence electrons. The van der Waals surface area contributed by atoms with Gasteiger partial charge in [0.1, 0.15) is 13.2 Å². The van der Waals surface area contributed by atoms with Gasteiger partial charge in [-0.05, 0) is 13.8 Å². The maximum atomic E-state index is 10.1. The number of rotatable bonds is 8. The molecule has 0 aromatic rings. The summed E-state index contributed by atoms with van der Waals surface area (Å²) in [6.45, 7) is 9.61. The predicted molar refractivity (Wildman–Crippen MR) is 69.9 cm³/mol. The Labute approximate surface area is 114 Å². The number of esters is 2. The van der Waals surface area contributed by atoms with Gasteiger partial charge in [0.05, 0.1) is 13.2 Å². The molecule has 0 atom stereocenters. The molecule has 0 aliphatic heterocycles. The van der Waals surface area contributed by atoms with E-state index in [1.165, 1.54) is 13.8 Å². The first-order chi connectivity index (χ1) is 8.54. The van der Waals surface area contributed by atoms with Crippen molar-refractivity contribution in [3.8, 4) is 0 Å². The molecule has 2 N–H and O–H groups in total. The second-order valence-electron chi connectivity index (χ2n) is 3.07. The molecule has 0 aromatic carbocycles. The second kappa shape index (κ2) is 19.2. The van der Waals surface area contributed by atoms with Gasteiger partial charge in [0, 0.05) is 27.1 Å². The normalized spacial score (nSPS) is 8.63. The minimum Gasteiger partial charge on any atom is -0.463 e. The van der Waals surface area contributed by atoms with E-state index in [4.69, 9.17) is 9.47 Å². The van der Waals surface area contributed by atoms with Gasteiger partial charge < -0.3 is 24.4 Å². The molecule has 0 radical (unpaired) electrons. The number of hydrogen-bond donors (Lipinski definition) is 0. The second-order valence-corrected chi connectivity index (χ2v) is 3.07. The standard InChI is InChI=1S/2C6H12O3.H2O/c2*1-3-8-4-5-9-6(2)7;/h2*3-5H2,1-2H3;1H2. The van der Waals surface area contributed by atoms with Crippen LogP contribution in [0.15, 0.2) is 0 Å². The van der Waals surface area contributed by atoms with E-state index < -0.39 is 0 Å². The highest BCUT2D eigenvalue weighted by Crippen LogP contribution is 1.78. The van der Waals surface area contributed by atoms with Gasteiger partial charge in [0.2, 0.25) is 0 Å². The van der Waals surface area contributed by atoms with Gasteiger partial charge in [-0.2, -0.15) is 0 Å². The van der Waals surface area contributed by atoms with E-state index in [9.17, 15) is 9.59 Å². The molecule has 0 rings (SSSR count). The smallest absolute Gasteiger partial charge is 0.302 e. The van der Waals surface area contributed by atoms with Gasteiger partial charge in [-0.1, -0.05) is 0 Å². The highest BCUT2D eigenvalue weighted by Gasteiger charge is 1.90. The van der Waals surface area contributed by atoms with E-state index in [1.807, 2.05) is 13.8 Å². The molecule has 7 heteroatoms. The van der Waals surface area contributed by atoms with E-state index >= 15 is 0 Å². The summed E-state index contributed by atoms with van der Waals surface area (Å²) in [5.74, 6) is -0.510. The number of ether oxygens (including phenoxy) is 4. The molecule has 0 fully saturated rings. The van der Waals surface area contributed by atoms with Crippen molar-refractivity contribution in [2.24, 2.45) is 0 Å². The molecule has 0 aliphatic rings. The first kappa shape index (κ1) is 23.0. The van der Waals surface area contributed by atoms with Crippen molar-refractivity contribution in [1.82, 2.24) is 0 Å². The predicted octanol–water partition coefficient (Wildman–Crippen LogP) is 0.347. The molecule has 0 amide bonds. The van der Waals surface area contributed by atoms with Crippen LogP contribution in [0.4, 0.5) is 0 Å². The van der Waals surface area contributed by atoms with Crippen molar-refractivity contribution < 1.29 is 34.0 Å². The number of carbonyl (C=O) groups is 2. The van der Waals surface area contributed by atoms with Crippen LogP contribution in [0.25, 0.3) is 0 Å². The maximum absolute atomic E-state index is 10.1. The number of hydrogen-bond acceptors (Lipinski definition) is 6.